The maximum atomic E-state index is 12.3. The summed E-state index contributed by atoms with van der Waals surface area (Å²) < 4.78 is 5.19. The number of carbonyl (C=O) groups excluding carboxylic acids is 1. The summed E-state index contributed by atoms with van der Waals surface area (Å²) in [6.45, 7) is 3.88. The minimum Gasteiger partial charge on any atom is -0.494 e. The van der Waals surface area contributed by atoms with Gasteiger partial charge in [0.05, 0.1) is 24.4 Å². The fourth-order valence-corrected chi connectivity index (χ4v) is 2.65. The summed E-state index contributed by atoms with van der Waals surface area (Å²) in [5.74, 6) is 0.169. The molecule has 0 spiro atoms. The Labute approximate surface area is 121 Å². The van der Waals surface area contributed by atoms with Gasteiger partial charge in [0.2, 0.25) is 0 Å². The van der Waals surface area contributed by atoms with Crippen LogP contribution < -0.4 is 15.8 Å². The van der Waals surface area contributed by atoms with Crippen LogP contribution in [0.15, 0.2) is 24.4 Å². The van der Waals surface area contributed by atoms with Crippen LogP contribution in [0.2, 0.25) is 0 Å². The molecule has 1 aromatic carbocycles. The normalized spacial score (nSPS) is 11.9. The molecule has 1 unspecified atom stereocenters. The van der Waals surface area contributed by atoms with Gasteiger partial charge in [-0.1, -0.05) is 6.07 Å². The van der Waals surface area contributed by atoms with Gasteiger partial charge in [-0.05, 0) is 26.0 Å². The van der Waals surface area contributed by atoms with E-state index in [0.29, 0.717) is 17.0 Å². The number of amides is 1. The number of anilines is 1. The van der Waals surface area contributed by atoms with Crippen molar-refractivity contribution in [3.63, 3.8) is 0 Å². The molecule has 6 heteroatoms. The van der Waals surface area contributed by atoms with Crippen molar-refractivity contribution in [3.8, 4) is 5.75 Å². The van der Waals surface area contributed by atoms with Crippen molar-refractivity contribution in [2.75, 3.05) is 12.8 Å². The highest BCUT2D eigenvalue weighted by molar-refractivity contribution is 7.11. The standard InChI is InChI=1S/C14H17N3O2S/c1-8-7-16-14(20-8)9(2)17-13(18)10-5-4-6-11(15)12(10)19-3/h4-7,9H,15H2,1-3H3,(H,17,18). The average molecular weight is 291 g/mol. The molecule has 20 heavy (non-hydrogen) atoms. The molecule has 1 atom stereocenters. The number of rotatable bonds is 4. The topological polar surface area (TPSA) is 77.2 Å². The van der Waals surface area contributed by atoms with Gasteiger partial charge in [-0.2, -0.15) is 0 Å². The van der Waals surface area contributed by atoms with E-state index in [1.165, 1.54) is 7.11 Å². The van der Waals surface area contributed by atoms with E-state index in [9.17, 15) is 4.79 Å². The van der Waals surface area contributed by atoms with E-state index < -0.39 is 0 Å². The van der Waals surface area contributed by atoms with Crippen LogP contribution in [-0.4, -0.2) is 18.0 Å². The van der Waals surface area contributed by atoms with E-state index in [1.807, 2.05) is 13.8 Å². The number of thiazole rings is 1. The molecule has 106 valence electrons. The number of methoxy groups -OCH3 is 1. The number of aryl methyl sites for hydroxylation is 1. The van der Waals surface area contributed by atoms with Crippen LogP contribution in [0.5, 0.6) is 5.75 Å². The SMILES string of the molecule is COc1c(N)cccc1C(=O)NC(C)c1ncc(C)s1. The monoisotopic (exact) mass is 291 g/mol. The number of carbonyl (C=O) groups is 1. The number of hydrogen-bond donors (Lipinski definition) is 2. The molecule has 1 aromatic heterocycles. The van der Waals surface area contributed by atoms with E-state index >= 15 is 0 Å². The Kier molecular flexibility index (Phi) is 4.24. The van der Waals surface area contributed by atoms with Crippen LogP contribution in [0.25, 0.3) is 0 Å². The molecule has 2 aromatic rings. The Bertz CT molecular complexity index is 625. The Balaban J connectivity index is 2.18. The van der Waals surface area contributed by atoms with E-state index in [1.54, 1.807) is 35.7 Å². The number of nitrogens with zero attached hydrogens (tertiary/aromatic N) is 1. The summed E-state index contributed by atoms with van der Waals surface area (Å²) in [6, 6.07) is 4.95. The molecular formula is C14H17N3O2S. The Morgan fingerprint density at radius 1 is 1.50 bits per heavy atom. The predicted molar refractivity (Wildman–Crippen MR) is 80.1 cm³/mol. The third-order valence-corrected chi connectivity index (χ3v) is 3.95. The smallest absolute Gasteiger partial charge is 0.255 e. The highest BCUT2D eigenvalue weighted by atomic mass is 32.1. The first-order valence-electron chi connectivity index (χ1n) is 6.18. The van der Waals surface area contributed by atoms with Gasteiger partial charge in [0.25, 0.3) is 5.91 Å². The van der Waals surface area contributed by atoms with Crippen molar-refractivity contribution in [1.82, 2.24) is 10.3 Å². The van der Waals surface area contributed by atoms with Crippen molar-refractivity contribution >= 4 is 22.9 Å². The lowest BCUT2D eigenvalue weighted by atomic mass is 10.1. The zero-order valence-electron chi connectivity index (χ0n) is 11.6. The van der Waals surface area contributed by atoms with E-state index in [4.69, 9.17) is 10.5 Å². The van der Waals surface area contributed by atoms with Gasteiger partial charge >= 0.3 is 0 Å². The van der Waals surface area contributed by atoms with Gasteiger partial charge in [0.1, 0.15) is 5.01 Å². The summed E-state index contributed by atoms with van der Waals surface area (Å²) in [5, 5.41) is 3.77. The molecule has 0 aliphatic heterocycles. The first-order chi connectivity index (χ1) is 9.52. The van der Waals surface area contributed by atoms with Crippen molar-refractivity contribution < 1.29 is 9.53 Å². The van der Waals surface area contributed by atoms with Crippen LogP contribution in [-0.2, 0) is 0 Å². The van der Waals surface area contributed by atoms with E-state index in [-0.39, 0.29) is 11.9 Å². The summed E-state index contributed by atoms with van der Waals surface area (Å²) in [7, 11) is 1.50. The molecule has 0 saturated heterocycles. The van der Waals surface area contributed by atoms with E-state index in [2.05, 4.69) is 10.3 Å². The first kappa shape index (κ1) is 14.3. The molecular weight excluding hydrogens is 274 g/mol. The zero-order chi connectivity index (χ0) is 14.7. The Morgan fingerprint density at radius 2 is 2.25 bits per heavy atom. The second kappa shape index (κ2) is 5.92. The molecule has 0 fully saturated rings. The maximum Gasteiger partial charge on any atom is 0.255 e. The summed E-state index contributed by atoms with van der Waals surface area (Å²) in [4.78, 5) is 17.7. The van der Waals surface area contributed by atoms with Gasteiger partial charge < -0.3 is 15.8 Å². The van der Waals surface area contributed by atoms with E-state index in [0.717, 1.165) is 9.88 Å². The molecule has 2 rings (SSSR count). The molecule has 1 amide bonds. The van der Waals surface area contributed by atoms with Crippen LogP contribution in [0, 0.1) is 6.92 Å². The molecule has 1 heterocycles. The van der Waals surface area contributed by atoms with Crippen molar-refractivity contribution in [2.45, 2.75) is 19.9 Å². The van der Waals surface area contributed by atoms with Gasteiger partial charge in [-0.3, -0.25) is 4.79 Å². The number of nitrogen functional groups attached to an aromatic ring is 1. The fourth-order valence-electron chi connectivity index (χ4n) is 1.87. The minimum absolute atomic E-state index is 0.160. The van der Waals surface area contributed by atoms with Crippen LogP contribution in [0.1, 0.15) is 33.2 Å². The van der Waals surface area contributed by atoms with Crippen molar-refractivity contribution in [1.29, 1.82) is 0 Å². The average Bonchev–Trinajstić information content (AvgIpc) is 2.85. The number of nitrogens with one attached hydrogen (secondary N) is 1. The van der Waals surface area contributed by atoms with Crippen LogP contribution in [0.3, 0.4) is 0 Å². The largest absolute Gasteiger partial charge is 0.494 e. The van der Waals surface area contributed by atoms with Crippen LogP contribution in [0.4, 0.5) is 5.69 Å². The van der Waals surface area contributed by atoms with Crippen molar-refractivity contribution in [2.24, 2.45) is 0 Å². The second-order valence-electron chi connectivity index (χ2n) is 4.43. The predicted octanol–water partition coefficient (Wildman–Crippen LogP) is 2.53. The number of para-hydroxylation sites is 1. The highest BCUT2D eigenvalue weighted by Crippen LogP contribution is 2.27. The fraction of sp³-hybridized carbons (Fsp3) is 0.286. The quantitative estimate of drug-likeness (QED) is 0.849. The third kappa shape index (κ3) is 2.91. The lowest BCUT2D eigenvalue weighted by molar-refractivity contribution is 0.0937. The zero-order valence-corrected chi connectivity index (χ0v) is 12.5. The number of aromatic nitrogens is 1. The molecule has 0 bridgehead atoms. The lowest BCUT2D eigenvalue weighted by Gasteiger charge is -2.14. The third-order valence-electron chi connectivity index (χ3n) is 2.85. The van der Waals surface area contributed by atoms with Gasteiger partial charge in [-0.25, -0.2) is 4.98 Å². The molecule has 3 N–H and O–H groups in total. The Hall–Kier alpha value is -2.08. The summed E-state index contributed by atoms with van der Waals surface area (Å²) in [6.07, 6.45) is 1.80. The maximum absolute atomic E-state index is 12.3. The second-order valence-corrected chi connectivity index (χ2v) is 5.70. The molecule has 0 aliphatic rings. The van der Waals surface area contributed by atoms with Crippen molar-refractivity contribution in [3.05, 3.63) is 39.8 Å². The highest BCUT2D eigenvalue weighted by Gasteiger charge is 2.18. The Morgan fingerprint density at radius 3 is 2.85 bits per heavy atom. The molecule has 0 aliphatic carbocycles. The molecule has 0 radical (unpaired) electrons. The first-order valence-corrected chi connectivity index (χ1v) is 7.00. The van der Waals surface area contributed by atoms with Crippen LogP contribution >= 0.6 is 11.3 Å². The molecule has 5 nitrogen and oxygen atoms in total. The minimum atomic E-state index is -0.227. The van der Waals surface area contributed by atoms with Gasteiger partial charge in [0, 0.05) is 11.1 Å². The number of hydrogen-bond acceptors (Lipinski definition) is 5. The number of nitrogens with two attached hydrogens (primary N) is 1. The summed E-state index contributed by atoms with van der Waals surface area (Å²) in [5.41, 5.74) is 6.67. The number of ether oxygens (including phenoxy) is 1. The van der Waals surface area contributed by atoms with Gasteiger partial charge in [0.15, 0.2) is 5.75 Å². The molecule has 0 saturated carbocycles. The number of benzene rings is 1. The lowest BCUT2D eigenvalue weighted by Crippen LogP contribution is -2.27. The van der Waals surface area contributed by atoms with Gasteiger partial charge in [-0.15, -0.1) is 11.3 Å². The summed E-state index contributed by atoms with van der Waals surface area (Å²) >= 11 is 1.56.